The summed E-state index contributed by atoms with van der Waals surface area (Å²) in [5, 5.41) is 14.3. The van der Waals surface area contributed by atoms with Crippen LogP contribution in [0.5, 0.6) is 0 Å². The Balaban J connectivity index is 1.52. The van der Waals surface area contributed by atoms with Crippen LogP contribution in [0.1, 0.15) is 12.8 Å². The summed E-state index contributed by atoms with van der Waals surface area (Å²) in [6.07, 6.45) is 3.71. The maximum atomic E-state index is 13.3. The second kappa shape index (κ2) is 8.80. The van der Waals surface area contributed by atoms with Gasteiger partial charge in [0.05, 0.1) is 18.4 Å². The Morgan fingerprint density at radius 1 is 1.36 bits per heavy atom. The number of hydrogen-bond acceptors (Lipinski definition) is 7. The fourth-order valence-electron chi connectivity index (χ4n) is 2.94. The summed E-state index contributed by atoms with van der Waals surface area (Å²) >= 11 is 2.67. The van der Waals surface area contributed by atoms with E-state index in [2.05, 4.69) is 20.5 Å². The summed E-state index contributed by atoms with van der Waals surface area (Å²) in [4.78, 5) is 16.2. The van der Waals surface area contributed by atoms with Crippen molar-refractivity contribution in [3.63, 3.8) is 0 Å². The number of carbonyl (C=O) groups excluding carboxylic acids is 1. The molecule has 0 aliphatic carbocycles. The lowest BCUT2D eigenvalue weighted by atomic mass is 10.2. The summed E-state index contributed by atoms with van der Waals surface area (Å²) in [6.45, 7) is 1.34. The van der Waals surface area contributed by atoms with Gasteiger partial charge in [0, 0.05) is 23.7 Å². The van der Waals surface area contributed by atoms with Crippen LogP contribution in [-0.4, -0.2) is 44.1 Å². The first kappa shape index (κ1) is 19.0. The molecule has 1 N–H and O–H groups in total. The van der Waals surface area contributed by atoms with Gasteiger partial charge in [0.25, 0.3) is 0 Å². The summed E-state index contributed by atoms with van der Waals surface area (Å²) in [5.41, 5.74) is 0.769. The molecule has 1 amide bonds. The van der Waals surface area contributed by atoms with Gasteiger partial charge in [0.2, 0.25) is 5.91 Å². The van der Waals surface area contributed by atoms with Gasteiger partial charge >= 0.3 is 0 Å². The van der Waals surface area contributed by atoms with E-state index >= 15 is 0 Å². The van der Waals surface area contributed by atoms with Crippen molar-refractivity contribution < 1.29 is 13.9 Å². The number of nitrogens with one attached hydrogen (secondary N) is 1. The Labute approximate surface area is 169 Å². The summed E-state index contributed by atoms with van der Waals surface area (Å²) in [5.74, 6) is 0.364. The zero-order valence-corrected chi connectivity index (χ0v) is 16.5. The lowest BCUT2D eigenvalue weighted by Crippen LogP contribution is -2.18. The number of thiazole rings is 1. The van der Waals surface area contributed by atoms with Crippen LogP contribution in [0.3, 0.4) is 0 Å². The lowest BCUT2D eigenvalue weighted by Gasteiger charge is -2.14. The van der Waals surface area contributed by atoms with Crippen molar-refractivity contribution >= 4 is 34.1 Å². The number of halogens is 1. The number of aromatic nitrogens is 4. The van der Waals surface area contributed by atoms with Crippen LogP contribution in [0.2, 0.25) is 0 Å². The number of hydrogen-bond donors (Lipinski definition) is 1. The third kappa shape index (κ3) is 4.57. The third-order valence-corrected chi connectivity index (χ3v) is 5.90. The highest BCUT2D eigenvalue weighted by Crippen LogP contribution is 2.27. The summed E-state index contributed by atoms with van der Waals surface area (Å²) < 4.78 is 21.0. The van der Waals surface area contributed by atoms with E-state index in [1.165, 1.54) is 35.2 Å². The van der Waals surface area contributed by atoms with Gasteiger partial charge < -0.3 is 10.1 Å². The number of rotatable bonds is 7. The molecule has 1 aliphatic rings. The van der Waals surface area contributed by atoms with E-state index in [1.807, 2.05) is 4.57 Å². The standard InChI is InChI=1S/C18H18FN5O2S2/c19-13-5-3-12(4-6-13)16-22-23-18(24(16)10-14-2-1-8-26-14)28-11-15(25)21-17-20-7-9-27-17/h3-7,9,14H,1-2,8,10-11H2,(H,20,21,25)/t14-/m0/s1. The number of amides is 1. The Bertz CT molecular complexity index is 924. The minimum atomic E-state index is -0.303. The number of nitrogens with zero attached hydrogens (tertiary/aromatic N) is 4. The number of thioether (sulfide) groups is 1. The highest BCUT2D eigenvalue weighted by Gasteiger charge is 2.22. The Morgan fingerprint density at radius 2 is 2.21 bits per heavy atom. The van der Waals surface area contributed by atoms with Gasteiger partial charge in [-0.05, 0) is 37.1 Å². The van der Waals surface area contributed by atoms with Crippen LogP contribution in [-0.2, 0) is 16.1 Å². The van der Waals surface area contributed by atoms with Crippen molar-refractivity contribution in [3.05, 3.63) is 41.7 Å². The molecule has 146 valence electrons. The van der Waals surface area contributed by atoms with E-state index in [0.29, 0.717) is 22.7 Å². The summed E-state index contributed by atoms with van der Waals surface area (Å²) in [6, 6.07) is 6.15. The Hall–Kier alpha value is -2.30. The third-order valence-electron chi connectivity index (χ3n) is 4.24. The predicted octanol–water partition coefficient (Wildman–Crippen LogP) is 3.45. The van der Waals surface area contributed by atoms with Gasteiger partial charge in [-0.1, -0.05) is 11.8 Å². The number of anilines is 1. The molecule has 1 aliphatic heterocycles. The van der Waals surface area contributed by atoms with Gasteiger partial charge in [-0.3, -0.25) is 9.36 Å². The quantitative estimate of drug-likeness (QED) is 0.591. The first-order valence-corrected chi connectivity index (χ1v) is 10.7. The molecule has 0 bridgehead atoms. The normalized spacial score (nSPS) is 16.4. The molecule has 0 spiro atoms. The topological polar surface area (TPSA) is 81.9 Å². The fourth-order valence-corrected chi connectivity index (χ4v) is 4.23. The van der Waals surface area contributed by atoms with Gasteiger partial charge in [-0.25, -0.2) is 9.37 Å². The second-order valence-electron chi connectivity index (χ2n) is 6.23. The molecule has 1 saturated heterocycles. The van der Waals surface area contributed by atoms with Crippen LogP contribution in [0.4, 0.5) is 9.52 Å². The Kier molecular flexibility index (Phi) is 5.98. The molecule has 3 aromatic rings. The van der Waals surface area contributed by atoms with E-state index in [1.54, 1.807) is 23.7 Å². The molecular formula is C18H18FN5O2S2. The van der Waals surface area contributed by atoms with Gasteiger partial charge in [-0.15, -0.1) is 21.5 Å². The van der Waals surface area contributed by atoms with Crippen molar-refractivity contribution in [1.82, 2.24) is 19.7 Å². The van der Waals surface area contributed by atoms with Crippen molar-refractivity contribution in [2.75, 3.05) is 17.7 Å². The minimum absolute atomic E-state index is 0.0821. The van der Waals surface area contributed by atoms with Crippen LogP contribution in [0, 0.1) is 5.82 Å². The number of carbonyl (C=O) groups is 1. The predicted molar refractivity (Wildman–Crippen MR) is 106 cm³/mol. The maximum Gasteiger partial charge on any atom is 0.236 e. The fraction of sp³-hybridized carbons (Fsp3) is 0.333. The van der Waals surface area contributed by atoms with Crippen LogP contribution in [0.15, 0.2) is 41.0 Å². The van der Waals surface area contributed by atoms with Crippen molar-refractivity contribution in [1.29, 1.82) is 0 Å². The molecule has 0 radical (unpaired) electrons. The summed E-state index contributed by atoms with van der Waals surface area (Å²) in [7, 11) is 0. The smallest absolute Gasteiger partial charge is 0.236 e. The van der Waals surface area contributed by atoms with Crippen molar-refractivity contribution in [2.24, 2.45) is 0 Å². The zero-order chi connectivity index (χ0) is 19.3. The number of ether oxygens (including phenoxy) is 1. The number of benzene rings is 1. The minimum Gasteiger partial charge on any atom is -0.376 e. The van der Waals surface area contributed by atoms with Crippen molar-refractivity contribution in [2.45, 2.75) is 30.6 Å². The molecule has 4 rings (SSSR count). The average Bonchev–Trinajstić information content (AvgIpc) is 3.44. The van der Waals surface area contributed by atoms with E-state index < -0.39 is 0 Å². The lowest BCUT2D eigenvalue weighted by molar-refractivity contribution is -0.113. The van der Waals surface area contributed by atoms with Crippen LogP contribution < -0.4 is 5.32 Å². The van der Waals surface area contributed by atoms with E-state index in [4.69, 9.17) is 4.74 Å². The molecule has 0 unspecified atom stereocenters. The van der Waals surface area contributed by atoms with E-state index in [0.717, 1.165) is 25.0 Å². The Morgan fingerprint density at radius 3 is 2.93 bits per heavy atom. The molecule has 28 heavy (non-hydrogen) atoms. The molecule has 1 aromatic carbocycles. The second-order valence-corrected chi connectivity index (χ2v) is 8.07. The SMILES string of the molecule is O=C(CSc1nnc(-c2ccc(F)cc2)n1C[C@@H]1CCCO1)Nc1nccs1. The average molecular weight is 420 g/mol. The van der Waals surface area contributed by atoms with Crippen molar-refractivity contribution in [3.8, 4) is 11.4 Å². The zero-order valence-electron chi connectivity index (χ0n) is 14.9. The van der Waals surface area contributed by atoms with Gasteiger partial charge in [0.1, 0.15) is 5.82 Å². The van der Waals surface area contributed by atoms with Crippen LogP contribution >= 0.6 is 23.1 Å². The van der Waals surface area contributed by atoms with Crippen LogP contribution in [0.25, 0.3) is 11.4 Å². The van der Waals surface area contributed by atoms with Gasteiger partial charge in [0.15, 0.2) is 16.1 Å². The molecule has 1 atom stereocenters. The molecular weight excluding hydrogens is 401 g/mol. The maximum absolute atomic E-state index is 13.3. The van der Waals surface area contributed by atoms with E-state index in [-0.39, 0.29) is 23.6 Å². The molecule has 7 nitrogen and oxygen atoms in total. The first-order valence-electron chi connectivity index (χ1n) is 8.82. The molecule has 2 aromatic heterocycles. The monoisotopic (exact) mass is 419 g/mol. The molecule has 10 heteroatoms. The molecule has 0 saturated carbocycles. The van der Waals surface area contributed by atoms with E-state index in [9.17, 15) is 9.18 Å². The largest absolute Gasteiger partial charge is 0.376 e. The van der Waals surface area contributed by atoms with Gasteiger partial charge in [-0.2, -0.15) is 0 Å². The highest BCUT2D eigenvalue weighted by molar-refractivity contribution is 7.99. The molecule has 1 fully saturated rings. The first-order chi connectivity index (χ1) is 13.7. The highest BCUT2D eigenvalue weighted by atomic mass is 32.2. The molecule has 3 heterocycles.